The van der Waals surface area contributed by atoms with Gasteiger partial charge in [-0.2, -0.15) is 0 Å². The summed E-state index contributed by atoms with van der Waals surface area (Å²) in [5.41, 5.74) is 6.15. The molecule has 8 heteroatoms. The minimum absolute atomic E-state index is 0.0298. The zero-order chi connectivity index (χ0) is 17.5. The van der Waals surface area contributed by atoms with Gasteiger partial charge in [0, 0.05) is 32.9 Å². The first kappa shape index (κ1) is 18.0. The second-order valence-corrected chi connectivity index (χ2v) is 5.06. The zero-order valence-corrected chi connectivity index (χ0v) is 13.6. The minimum atomic E-state index is -0.582. The van der Waals surface area contributed by atoms with E-state index in [9.17, 15) is 8.78 Å². The fourth-order valence-corrected chi connectivity index (χ4v) is 2.17. The lowest BCUT2D eigenvalue weighted by Gasteiger charge is -2.24. The Labute approximate surface area is 139 Å². The van der Waals surface area contributed by atoms with Gasteiger partial charge in [-0.05, 0) is 18.2 Å². The minimum Gasteiger partial charge on any atom is -0.383 e. The third kappa shape index (κ3) is 4.36. The smallest absolute Gasteiger partial charge is 0.172 e. The number of hydrogen-bond donors (Lipinski definition) is 1. The lowest BCUT2D eigenvalue weighted by molar-refractivity contribution is 0.190. The van der Waals surface area contributed by atoms with Gasteiger partial charge in [0.1, 0.15) is 11.6 Å². The molecule has 0 bridgehead atoms. The van der Waals surface area contributed by atoms with Crippen LogP contribution in [-0.4, -0.2) is 50.5 Å². The highest BCUT2D eigenvalue weighted by Gasteiger charge is 2.16. The van der Waals surface area contributed by atoms with E-state index in [1.54, 1.807) is 14.2 Å². The summed E-state index contributed by atoms with van der Waals surface area (Å²) in [7, 11) is 3.17. The Bertz CT molecular complexity index is 677. The predicted octanol–water partition coefficient (Wildman–Crippen LogP) is 2.10. The van der Waals surface area contributed by atoms with Gasteiger partial charge in [-0.25, -0.2) is 18.7 Å². The van der Waals surface area contributed by atoms with E-state index in [-0.39, 0.29) is 17.1 Å². The monoisotopic (exact) mass is 338 g/mol. The van der Waals surface area contributed by atoms with E-state index in [4.69, 9.17) is 15.2 Å². The highest BCUT2D eigenvalue weighted by Crippen LogP contribution is 2.26. The lowest BCUT2D eigenvalue weighted by atomic mass is 10.1. The first-order valence-corrected chi connectivity index (χ1v) is 7.37. The Hall–Kier alpha value is -2.32. The van der Waals surface area contributed by atoms with Gasteiger partial charge < -0.3 is 20.1 Å². The number of nitrogens with two attached hydrogens (primary N) is 1. The van der Waals surface area contributed by atoms with E-state index in [1.165, 1.54) is 6.20 Å². The van der Waals surface area contributed by atoms with E-state index >= 15 is 0 Å². The van der Waals surface area contributed by atoms with E-state index in [2.05, 4.69) is 9.97 Å². The summed E-state index contributed by atoms with van der Waals surface area (Å²) in [6.45, 7) is 1.91. The number of ether oxygens (including phenoxy) is 2. The fraction of sp³-hybridized carbons (Fsp3) is 0.375. The molecular weight excluding hydrogens is 318 g/mol. The number of nitrogen functional groups attached to an aromatic ring is 1. The summed E-state index contributed by atoms with van der Waals surface area (Å²) in [6, 6.07) is 3.18. The largest absolute Gasteiger partial charge is 0.383 e. The molecule has 2 rings (SSSR count). The summed E-state index contributed by atoms with van der Waals surface area (Å²) >= 11 is 0. The van der Waals surface area contributed by atoms with Gasteiger partial charge in [0.15, 0.2) is 11.6 Å². The predicted molar refractivity (Wildman–Crippen MR) is 87.8 cm³/mol. The Morgan fingerprint density at radius 3 is 2.42 bits per heavy atom. The molecule has 1 aromatic heterocycles. The molecule has 0 amide bonds. The van der Waals surface area contributed by atoms with Crippen molar-refractivity contribution in [2.24, 2.45) is 0 Å². The number of methoxy groups -OCH3 is 2. The maximum atomic E-state index is 14.0. The van der Waals surface area contributed by atoms with Crippen LogP contribution in [0.2, 0.25) is 0 Å². The molecule has 0 saturated carbocycles. The summed E-state index contributed by atoms with van der Waals surface area (Å²) in [6.07, 6.45) is 1.32. The van der Waals surface area contributed by atoms with Crippen LogP contribution in [0.1, 0.15) is 0 Å². The van der Waals surface area contributed by atoms with Crippen molar-refractivity contribution >= 4 is 11.6 Å². The van der Waals surface area contributed by atoms with Crippen molar-refractivity contribution in [2.45, 2.75) is 0 Å². The molecule has 0 aliphatic carbocycles. The maximum absolute atomic E-state index is 14.0. The molecule has 0 atom stereocenters. The third-order valence-corrected chi connectivity index (χ3v) is 3.42. The molecule has 0 aliphatic rings. The highest BCUT2D eigenvalue weighted by atomic mass is 19.1. The fourth-order valence-electron chi connectivity index (χ4n) is 2.17. The van der Waals surface area contributed by atoms with Gasteiger partial charge in [0.2, 0.25) is 0 Å². The second-order valence-electron chi connectivity index (χ2n) is 5.06. The van der Waals surface area contributed by atoms with Gasteiger partial charge in [-0.15, -0.1) is 0 Å². The van der Waals surface area contributed by atoms with E-state index < -0.39 is 11.6 Å². The van der Waals surface area contributed by atoms with Crippen molar-refractivity contribution in [1.29, 1.82) is 0 Å². The van der Waals surface area contributed by atoms with Gasteiger partial charge in [0.25, 0.3) is 0 Å². The molecule has 24 heavy (non-hydrogen) atoms. The van der Waals surface area contributed by atoms with Gasteiger partial charge in [0.05, 0.1) is 25.1 Å². The normalized spacial score (nSPS) is 10.8. The first-order chi connectivity index (χ1) is 11.6. The number of hydrogen-bond acceptors (Lipinski definition) is 6. The molecule has 2 N–H and O–H groups in total. The van der Waals surface area contributed by atoms with Crippen LogP contribution in [0.5, 0.6) is 0 Å². The summed E-state index contributed by atoms with van der Waals surface area (Å²) in [4.78, 5) is 10.3. The highest BCUT2D eigenvalue weighted by molar-refractivity contribution is 5.66. The number of halogens is 2. The van der Waals surface area contributed by atoms with Crippen molar-refractivity contribution in [3.05, 3.63) is 36.0 Å². The Balaban J connectivity index is 2.40. The van der Waals surface area contributed by atoms with Crippen LogP contribution in [0.25, 0.3) is 11.3 Å². The molecule has 0 saturated heterocycles. The van der Waals surface area contributed by atoms with Gasteiger partial charge >= 0.3 is 0 Å². The molecule has 130 valence electrons. The number of nitrogens with zero attached hydrogens (tertiary/aromatic N) is 3. The van der Waals surface area contributed by atoms with Crippen LogP contribution in [0.4, 0.5) is 20.4 Å². The SMILES string of the molecule is COCCN(CCOC)c1nc(-c2cc(F)ccc2F)cnc1N. The van der Waals surface area contributed by atoms with Crippen LogP contribution in [0.3, 0.4) is 0 Å². The number of aromatic nitrogens is 2. The zero-order valence-electron chi connectivity index (χ0n) is 13.6. The molecule has 1 aromatic carbocycles. The third-order valence-electron chi connectivity index (χ3n) is 3.42. The Morgan fingerprint density at radius 1 is 1.12 bits per heavy atom. The topological polar surface area (TPSA) is 73.5 Å². The molecule has 6 nitrogen and oxygen atoms in total. The van der Waals surface area contributed by atoms with Crippen LogP contribution < -0.4 is 10.6 Å². The molecule has 0 spiro atoms. The van der Waals surface area contributed by atoms with Crippen LogP contribution >= 0.6 is 0 Å². The van der Waals surface area contributed by atoms with Gasteiger partial charge in [-0.3, -0.25) is 0 Å². The Morgan fingerprint density at radius 2 is 1.79 bits per heavy atom. The first-order valence-electron chi connectivity index (χ1n) is 7.37. The number of rotatable bonds is 8. The summed E-state index contributed by atoms with van der Waals surface area (Å²) in [5, 5.41) is 0. The molecule has 0 unspecified atom stereocenters. The molecule has 0 radical (unpaired) electrons. The number of anilines is 2. The summed E-state index contributed by atoms with van der Waals surface area (Å²) in [5.74, 6) is -0.558. The van der Waals surface area contributed by atoms with Crippen molar-refractivity contribution in [3.8, 4) is 11.3 Å². The van der Waals surface area contributed by atoms with E-state index in [0.717, 1.165) is 18.2 Å². The van der Waals surface area contributed by atoms with Crippen LogP contribution in [0.15, 0.2) is 24.4 Å². The summed E-state index contributed by atoms with van der Waals surface area (Å²) < 4.78 is 37.6. The van der Waals surface area contributed by atoms with Crippen molar-refractivity contribution in [1.82, 2.24) is 9.97 Å². The van der Waals surface area contributed by atoms with E-state index in [1.807, 2.05) is 4.90 Å². The molecule has 0 fully saturated rings. The molecule has 1 heterocycles. The van der Waals surface area contributed by atoms with Gasteiger partial charge in [-0.1, -0.05) is 0 Å². The average molecular weight is 338 g/mol. The number of benzene rings is 1. The van der Waals surface area contributed by atoms with E-state index in [0.29, 0.717) is 32.1 Å². The molecule has 2 aromatic rings. The molecule has 0 aliphatic heterocycles. The second kappa shape index (κ2) is 8.51. The standard InChI is InChI=1S/C16H20F2N4O2/c1-23-7-5-22(6-8-24-2)16-15(19)20-10-14(21-16)12-9-11(17)3-4-13(12)18/h3-4,9-10H,5-8H2,1-2H3,(H2,19,20). The average Bonchev–Trinajstić information content (AvgIpc) is 2.58. The van der Waals surface area contributed by atoms with Crippen LogP contribution in [0, 0.1) is 11.6 Å². The van der Waals surface area contributed by atoms with Crippen molar-refractivity contribution < 1.29 is 18.3 Å². The van der Waals surface area contributed by atoms with Crippen LogP contribution in [-0.2, 0) is 9.47 Å². The van der Waals surface area contributed by atoms with Crippen molar-refractivity contribution in [3.63, 3.8) is 0 Å². The maximum Gasteiger partial charge on any atom is 0.172 e. The lowest BCUT2D eigenvalue weighted by Crippen LogP contribution is -2.32. The molecular formula is C16H20F2N4O2. The quantitative estimate of drug-likeness (QED) is 0.795. The van der Waals surface area contributed by atoms with Crippen molar-refractivity contribution in [2.75, 3.05) is 51.2 Å². The Kier molecular flexibility index (Phi) is 6.39.